The Kier molecular flexibility index (Phi) is 3.92. The summed E-state index contributed by atoms with van der Waals surface area (Å²) in [7, 11) is 0. The Balaban J connectivity index is 1.76. The maximum Gasteiger partial charge on any atom is 0.220 e. The Morgan fingerprint density at radius 1 is 1.45 bits per heavy atom. The minimum absolute atomic E-state index is 0.206. The molecule has 1 aromatic rings. The van der Waals surface area contributed by atoms with Crippen molar-refractivity contribution in [3.05, 3.63) is 16.5 Å². The zero-order valence-electron chi connectivity index (χ0n) is 11.6. The van der Waals surface area contributed by atoms with Crippen molar-refractivity contribution in [2.24, 2.45) is 5.92 Å². The molecular weight excluding hydrogens is 320 g/mol. The smallest absolute Gasteiger partial charge is 0.220 e. The number of amides is 1. The van der Waals surface area contributed by atoms with Crippen molar-refractivity contribution in [1.82, 2.24) is 15.3 Å². The van der Waals surface area contributed by atoms with Gasteiger partial charge in [0.25, 0.3) is 0 Å². The van der Waals surface area contributed by atoms with Crippen molar-refractivity contribution >= 4 is 27.7 Å². The van der Waals surface area contributed by atoms with Crippen molar-refractivity contribution in [3.8, 4) is 0 Å². The summed E-state index contributed by atoms with van der Waals surface area (Å²) in [6.45, 7) is 3.97. The van der Waals surface area contributed by atoms with Gasteiger partial charge < -0.3 is 10.2 Å². The van der Waals surface area contributed by atoms with Crippen LogP contribution in [0, 0.1) is 5.92 Å². The van der Waals surface area contributed by atoms with E-state index in [4.69, 9.17) is 0 Å². The van der Waals surface area contributed by atoms with Crippen molar-refractivity contribution < 1.29 is 4.79 Å². The van der Waals surface area contributed by atoms with Gasteiger partial charge in [-0.1, -0.05) is 6.92 Å². The van der Waals surface area contributed by atoms with Crippen LogP contribution in [0.1, 0.15) is 32.0 Å². The lowest BCUT2D eigenvalue weighted by Gasteiger charge is -2.41. The minimum atomic E-state index is 0.206. The third-order valence-corrected chi connectivity index (χ3v) is 4.60. The molecule has 20 heavy (non-hydrogen) atoms. The molecule has 0 bridgehead atoms. The second kappa shape index (κ2) is 5.68. The maximum absolute atomic E-state index is 11.4. The molecule has 6 heteroatoms. The number of nitrogens with one attached hydrogen (secondary N) is 1. The van der Waals surface area contributed by atoms with Gasteiger partial charge in [0, 0.05) is 38.0 Å². The van der Waals surface area contributed by atoms with Gasteiger partial charge in [-0.25, -0.2) is 9.97 Å². The first-order valence-electron chi connectivity index (χ1n) is 7.23. The molecular formula is C14H19BrN4O. The van der Waals surface area contributed by atoms with E-state index in [1.807, 2.05) is 6.07 Å². The summed E-state index contributed by atoms with van der Waals surface area (Å²) in [5, 5.41) is 3.12. The third-order valence-electron chi connectivity index (χ3n) is 4.19. The number of halogens is 1. The van der Waals surface area contributed by atoms with Crippen LogP contribution in [-0.4, -0.2) is 35.0 Å². The predicted octanol–water partition coefficient (Wildman–Crippen LogP) is 1.91. The summed E-state index contributed by atoms with van der Waals surface area (Å²) in [5.41, 5.74) is 0. The highest BCUT2D eigenvalue weighted by atomic mass is 79.9. The molecule has 2 saturated heterocycles. The Bertz CT molecular complexity index is 522. The summed E-state index contributed by atoms with van der Waals surface area (Å²) in [4.78, 5) is 22.8. The fraction of sp³-hybridized carbons (Fsp3) is 0.643. The molecule has 0 aliphatic carbocycles. The normalized spacial score (nSPS) is 26.1. The molecule has 5 nitrogen and oxygen atoms in total. The van der Waals surface area contributed by atoms with Gasteiger partial charge in [-0.3, -0.25) is 4.79 Å². The third kappa shape index (κ3) is 2.80. The fourth-order valence-electron chi connectivity index (χ4n) is 3.09. The highest BCUT2D eigenvalue weighted by molar-refractivity contribution is 9.10. The number of anilines is 1. The first-order chi connectivity index (χ1) is 9.65. The van der Waals surface area contributed by atoms with Gasteiger partial charge in [-0.05, 0) is 34.7 Å². The van der Waals surface area contributed by atoms with Gasteiger partial charge in [-0.15, -0.1) is 0 Å². The standard InChI is InChI=1S/C14H19BrN4O/c1-2-12-17-11(15)7-13(18-12)19-6-5-10-9(8-19)3-4-14(20)16-10/h7,9-10H,2-6,8H2,1H3,(H,16,20). The average molecular weight is 339 g/mol. The molecule has 3 heterocycles. The molecule has 1 aromatic heterocycles. The second-order valence-corrected chi connectivity index (χ2v) is 6.34. The average Bonchev–Trinajstić information content (AvgIpc) is 2.46. The molecule has 2 aliphatic heterocycles. The predicted molar refractivity (Wildman–Crippen MR) is 80.6 cm³/mol. The first-order valence-corrected chi connectivity index (χ1v) is 8.02. The molecule has 2 fully saturated rings. The minimum Gasteiger partial charge on any atom is -0.356 e. The van der Waals surface area contributed by atoms with E-state index < -0.39 is 0 Å². The lowest BCUT2D eigenvalue weighted by molar-refractivity contribution is -0.124. The number of hydrogen-bond acceptors (Lipinski definition) is 4. The van der Waals surface area contributed by atoms with Gasteiger partial charge >= 0.3 is 0 Å². The lowest BCUT2D eigenvalue weighted by Crippen LogP contribution is -2.54. The Labute approximate surface area is 127 Å². The van der Waals surface area contributed by atoms with Crippen LogP contribution in [0.15, 0.2) is 10.7 Å². The molecule has 3 rings (SSSR count). The van der Waals surface area contributed by atoms with E-state index in [9.17, 15) is 4.79 Å². The zero-order valence-corrected chi connectivity index (χ0v) is 13.2. The van der Waals surface area contributed by atoms with Crippen LogP contribution in [0.25, 0.3) is 0 Å². The Hall–Kier alpha value is -1.17. The Morgan fingerprint density at radius 2 is 2.30 bits per heavy atom. The number of piperidine rings is 2. The van der Waals surface area contributed by atoms with E-state index in [1.165, 1.54) is 0 Å². The highest BCUT2D eigenvalue weighted by Gasteiger charge is 2.34. The van der Waals surface area contributed by atoms with Crippen LogP contribution in [0.5, 0.6) is 0 Å². The number of hydrogen-bond donors (Lipinski definition) is 1. The van der Waals surface area contributed by atoms with Gasteiger partial charge in [-0.2, -0.15) is 0 Å². The summed E-state index contributed by atoms with van der Waals surface area (Å²) in [6.07, 6.45) is 3.48. The molecule has 0 saturated carbocycles. The zero-order chi connectivity index (χ0) is 14.1. The van der Waals surface area contributed by atoms with Crippen LogP contribution >= 0.6 is 15.9 Å². The van der Waals surface area contributed by atoms with Crippen LogP contribution in [0.4, 0.5) is 5.82 Å². The molecule has 2 atom stereocenters. The number of aromatic nitrogens is 2. The van der Waals surface area contributed by atoms with Crippen LogP contribution in [0.3, 0.4) is 0 Å². The van der Waals surface area contributed by atoms with Gasteiger partial charge in [0.2, 0.25) is 5.91 Å². The van der Waals surface area contributed by atoms with Gasteiger partial charge in [0.15, 0.2) is 0 Å². The van der Waals surface area contributed by atoms with Crippen molar-refractivity contribution in [1.29, 1.82) is 0 Å². The van der Waals surface area contributed by atoms with Gasteiger partial charge in [0.05, 0.1) is 0 Å². The van der Waals surface area contributed by atoms with E-state index >= 15 is 0 Å². The van der Waals surface area contributed by atoms with E-state index in [2.05, 4.69) is 43.0 Å². The van der Waals surface area contributed by atoms with Crippen LogP contribution < -0.4 is 10.2 Å². The molecule has 0 aromatic carbocycles. The number of rotatable bonds is 2. The fourth-order valence-corrected chi connectivity index (χ4v) is 3.50. The molecule has 108 valence electrons. The van der Waals surface area contributed by atoms with E-state index in [-0.39, 0.29) is 5.91 Å². The first kappa shape index (κ1) is 13.8. The number of nitrogens with zero attached hydrogens (tertiary/aromatic N) is 3. The SMILES string of the molecule is CCc1nc(Br)cc(N2CCC3NC(=O)CCC3C2)n1. The summed E-state index contributed by atoms with van der Waals surface area (Å²) in [6, 6.07) is 2.34. The summed E-state index contributed by atoms with van der Waals surface area (Å²) >= 11 is 3.46. The van der Waals surface area contributed by atoms with Crippen molar-refractivity contribution in [3.63, 3.8) is 0 Å². The topological polar surface area (TPSA) is 58.1 Å². The number of carbonyl (C=O) groups is 1. The molecule has 2 unspecified atom stereocenters. The van der Waals surface area contributed by atoms with E-state index in [0.29, 0.717) is 18.4 Å². The highest BCUT2D eigenvalue weighted by Crippen LogP contribution is 2.28. The van der Waals surface area contributed by atoms with Crippen LogP contribution in [0.2, 0.25) is 0 Å². The number of carbonyl (C=O) groups excluding carboxylic acids is 1. The maximum atomic E-state index is 11.4. The lowest BCUT2D eigenvalue weighted by atomic mass is 9.85. The quantitative estimate of drug-likeness (QED) is 0.837. The molecule has 1 amide bonds. The van der Waals surface area contributed by atoms with Gasteiger partial charge in [0.1, 0.15) is 16.2 Å². The van der Waals surface area contributed by atoms with Crippen LogP contribution in [-0.2, 0) is 11.2 Å². The molecule has 2 aliphatic rings. The van der Waals surface area contributed by atoms with E-state index in [1.54, 1.807) is 0 Å². The number of fused-ring (bicyclic) bond motifs is 1. The second-order valence-electron chi connectivity index (χ2n) is 5.53. The molecule has 0 radical (unpaired) electrons. The molecule has 0 spiro atoms. The monoisotopic (exact) mass is 338 g/mol. The largest absolute Gasteiger partial charge is 0.356 e. The number of aryl methyl sites for hydroxylation is 1. The molecule has 1 N–H and O–H groups in total. The van der Waals surface area contributed by atoms with Crippen molar-refractivity contribution in [2.45, 2.75) is 38.6 Å². The Morgan fingerprint density at radius 3 is 3.10 bits per heavy atom. The summed E-state index contributed by atoms with van der Waals surface area (Å²) in [5.74, 6) is 2.62. The van der Waals surface area contributed by atoms with E-state index in [0.717, 1.165) is 48.6 Å². The van der Waals surface area contributed by atoms with Crippen molar-refractivity contribution in [2.75, 3.05) is 18.0 Å². The summed E-state index contributed by atoms with van der Waals surface area (Å²) < 4.78 is 0.846.